The van der Waals surface area contributed by atoms with Crippen molar-refractivity contribution in [2.75, 3.05) is 5.75 Å². The van der Waals surface area contributed by atoms with Crippen LogP contribution in [0.15, 0.2) is 18.2 Å². The maximum absolute atomic E-state index is 10.7. The van der Waals surface area contributed by atoms with Crippen LogP contribution in [0.5, 0.6) is 5.75 Å². The molecule has 0 amide bonds. The highest BCUT2D eigenvalue weighted by Crippen LogP contribution is 2.38. The number of hydrogen-bond donors (Lipinski definition) is 3. The molecule has 0 aromatic heterocycles. The van der Waals surface area contributed by atoms with Crippen molar-refractivity contribution < 1.29 is 24.7 Å². The number of thioether (sulfide) groups is 1. The maximum atomic E-state index is 10.7. The van der Waals surface area contributed by atoms with Gasteiger partial charge in [-0.25, -0.2) is 4.79 Å². The quantitative estimate of drug-likeness (QED) is 0.435. The molecule has 3 N–H and O–H groups in total. The summed E-state index contributed by atoms with van der Waals surface area (Å²) < 4.78 is 4.55. The molecule has 0 aliphatic carbocycles. The molecule has 9 heteroatoms. The van der Waals surface area contributed by atoms with Crippen LogP contribution in [-0.2, 0) is 4.74 Å². The summed E-state index contributed by atoms with van der Waals surface area (Å²) in [6.07, 6.45) is -2.10. The first-order valence-electron chi connectivity index (χ1n) is 5.22. The highest BCUT2D eigenvalue weighted by Gasteiger charge is 2.30. The van der Waals surface area contributed by atoms with Crippen LogP contribution >= 0.6 is 11.8 Å². The first-order chi connectivity index (χ1) is 8.97. The third-order valence-electron chi connectivity index (χ3n) is 2.50. The molecular weight excluding hydrogens is 276 g/mol. The standard InChI is InChI=1S/C10H10N2O6S/c13-7-2-1-5(12(16)17)3-6(7)9-11-8(4-19-9)18-10(14)15/h1-3,8-9,11,13H,4H2,(H,14,15). The molecule has 1 aromatic rings. The Kier molecular flexibility index (Phi) is 3.76. The predicted molar refractivity (Wildman–Crippen MR) is 66.0 cm³/mol. The number of benzene rings is 1. The van der Waals surface area contributed by atoms with Crippen LogP contribution in [0, 0.1) is 10.1 Å². The minimum atomic E-state index is -1.40. The summed E-state index contributed by atoms with van der Waals surface area (Å²) in [5.74, 6) is 0.269. The van der Waals surface area contributed by atoms with Gasteiger partial charge in [0.1, 0.15) is 5.75 Å². The van der Waals surface area contributed by atoms with Gasteiger partial charge in [-0.15, -0.1) is 11.8 Å². The van der Waals surface area contributed by atoms with E-state index in [1.165, 1.54) is 30.0 Å². The number of phenolic OH excluding ortho intramolecular Hbond substituents is 1. The van der Waals surface area contributed by atoms with Crippen molar-refractivity contribution in [3.05, 3.63) is 33.9 Å². The monoisotopic (exact) mass is 286 g/mol. The van der Waals surface area contributed by atoms with E-state index in [-0.39, 0.29) is 11.4 Å². The molecule has 2 unspecified atom stereocenters. The van der Waals surface area contributed by atoms with Gasteiger partial charge in [0.25, 0.3) is 5.69 Å². The molecule has 1 saturated heterocycles. The third-order valence-corrected chi connectivity index (χ3v) is 3.72. The van der Waals surface area contributed by atoms with E-state index in [0.29, 0.717) is 11.3 Å². The van der Waals surface area contributed by atoms with E-state index >= 15 is 0 Å². The predicted octanol–water partition coefficient (Wildman–Crippen LogP) is 1.66. The molecule has 1 aliphatic heterocycles. The van der Waals surface area contributed by atoms with Crippen LogP contribution in [-0.4, -0.2) is 33.3 Å². The number of non-ortho nitro benzene ring substituents is 1. The molecule has 1 heterocycles. The third kappa shape index (κ3) is 3.06. The lowest BCUT2D eigenvalue weighted by Gasteiger charge is -2.13. The SMILES string of the molecule is O=C(O)OC1CSC(c2cc([N+](=O)[O-])ccc2O)N1. The second-order valence-corrected chi connectivity index (χ2v) is 4.89. The number of phenols is 1. The van der Waals surface area contributed by atoms with E-state index in [2.05, 4.69) is 10.1 Å². The molecule has 102 valence electrons. The number of nitro benzene ring substituents is 1. The van der Waals surface area contributed by atoms with E-state index in [1.54, 1.807) is 0 Å². The normalized spacial score (nSPS) is 22.1. The van der Waals surface area contributed by atoms with Crippen LogP contribution in [0.4, 0.5) is 10.5 Å². The van der Waals surface area contributed by atoms with E-state index in [4.69, 9.17) is 5.11 Å². The van der Waals surface area contributed by atoms with Crippen LogP contribution in [0.2, 0.25) is 0 Å². The summed E-state index contributed by atoms with van der Waals surface area (Å²) in [5, 5.41) is 31.3. The minimum absolute atomic E-state index is 0.0911. The first kappa shape index (κ1) is 13.4. The fourth-order valence-electron chi connectivity index (χ4n) is 1.68. The van der Waals surface area contributed by atoms with Crippen LogP contribution in [0.1, 0.15) is 10.9 Å². The summed E-state index contributed by atoms with van der Waals surface area (Å²) in [7, 11) is 0. The zero-order valence-electron chi connectivity index (χ0n) is 9.48. The largest absolute Gasteiger partial charge is 0.508 e. The zero-order valence-corrected chi connectivity index (χ0v) is 10.3. The van der Waals surface area contributed by atoms with Crippen molar-refractivity contribution in [3.63, 3.8) is 0 Å². The van der Waals surface area contributed by atoms with Gasteiger partial charge in [0, 0.05) is 23.4 Å². The summed E-state index contributed by atoms with van der Waals surface area (Å²) in [5.41, 5.74) is 0.188. The Labute approximate surface area is 111 Å². The number of carboxylic acid groups (broad SMARTS) is 1. The van der Waals surface area contributed by atoms with E-state index in [0.717, 1.165) is 0 Å². The van der Waals surface area contributed by atoms with Crippen LogP contribution < -0.4 is 5.32 Å². The van der Waals surface area contributed by atoms with Crippen LogP contribution in [0.3, 0.4) is 0 Å². The first-order valence-corrected chi connectivity index (χ1v) is 6.27. The van der Waals surface area contributed by atoms with E-state index < -0.39 is 22.7 Å². The molecule has 0 spiro atoms. The fraction of sp³-hybridized carbons (Fsp3) is 0.300. The Hall–Kier alpha value is -2.00. The number of rotatable bonds is 3. The zero-order chi connectivity index (χ0) is 14.0. The Bertz CT molecular complexity index is 523. The van der Waals surface area contributed by atoms with Gasteiger partial charge >= 0.3 is 6.16 Å². The Morgan fingerprint density at radius 1 is 1.58 bits per heavy atom. The average molecular weight is 286 g/mol. The number of nitrogens with one attached hydrogen (secondary N) is 1. The second kappa shape index (κ2) is 5.33. The average Bonchev–Trinajstić information content (AvgIpc) is 2.76. The molecule has 0 saturated carbocycles. The number of carbonyl (C=O) groups is 1. The molecule has 2 rings (SSSR count). The summed E-state index contributed by atoms with van der Waals surface area (Å²) in [6, 6.07) is 3.69. The lowest BCUT2D eigenvalue weighted by atomic mass is 10.1. The van der Waals surface area contributed by atoms with Crippen molar-refractivity contribution in [1.82, 2.24) is 5.32 Å². The molecule has 1 aromatic carbocycles. The van der Waals surface area contributed by atoms with Crippen LogP contribution in [0.25, 0.3) is 0 Å². The molecular formula is C10H10N2O6S. The second-order valence-electron chi connectivity index (χ2n) is 3.75. The summed E-state index contributed by atoms with van der Waals surface area (Å²) in [6.45, 7) is 0. The van der Waals surface area contributed by atoms with Gasteiger partial charge < -0.3 is 14.9 Å². The van der Waals surface area contributed by atoms with E-state index in [9.17, 15) is 20.0 Å². The number of hydrogen-bond acceptors (Lipinski definition) is 7. The fourth-order valence-corrected chi connectivity index (χ4v) is 2.83. The lowest BCUT2D eigenvalue weighted by Crippen LogP contribution is -2.30. The van der Waals surface area contributed by atoms with Gasteiger partial charge in [-0.3, -0.25) is 15.4 Å². The maximum Gasteiger partial charge on any atom is 0.507 e. The van der Waals surface area contributed by atoms with Gasteiger partial charge in [-0.05, 0) is 6.07 Å². The smallest absolute Gasteiger partial charge is 0.507 e. The van der Waals surface area contributed by atoms with Crippen molar-refractivity contribution in [1.29, 1.82) is 0 Å². The Morgan fingerprint density at radius 2 is 2.32 bits per heavy atom. The van der Waals surface area contributed by atoms with Gasteiger partial charge in [-0.2, -0.15) is 0 Å². The number of aromatic hydroxyl groups is 1. The highest BCUT2D eigenvalue weighted by atomic mass is 32.2. The molecule has 8 nitrogen and oxygen atoms in total. The summed E-state index contributed by atoms with van der Waals surface area (Å²) >= 11 is 1.30. The van der Waals surface area contributed by atoms with Crippen molar-refractivity contribution >= 4 is 23.6 Å². The highest BCUT2D eigenvalue weighted by molar-refractivity contribution is 7.99. The van der Waals surface area contributed by atoms with E-state index in [1.807, 2.05) is 0 Å². The molecule has 1 aliphatic rings. The van der Waals surface area contributed by atoms with Crippen molar-refractivity contribution in [2.24, 2.45) is 0 Å². The lowest BCUT2D eigenvalue weighted by molar-refractivity contribution is -0.384. The number of ether oxygens (including phenoxy) is 1. The molecule has 0 radical (unpaired) electrons. The number of nitrogens with zero attached hydrogens (tertiary/aromatic N) is 1. The van der Waals surface area contributed by atoms with Gasteiger partial charge in [0.15, 0.2) is 6.23 Å². The molecule has 1 fully saturated rings. The van der Waals surface area contributed by atoms with Gasteiger partial charge in [0.2, 0.25) is 0 Å². The van der Waals surface area contributed by atoms with Crippen molar-refractivity contribution in [2.45, 2.75) is 11.6 Å². The Morgan fingerprint density at radius 3 is 2.95 bits per heavy atom. The molecule has 0 bridgehead atoms. The number of nitro groups is 1. The van der Waals surface area contributed by atoms with Gasteiger partial charge in [0.05, 0.1) is 10.3 Å². The molecule has 19 heavy (non-hydrogen) atoms. The Balaban J connectivity index is 2.16. The molecule has 2 atom stereocenters. The van der Waals surface area contributed by atoms with Gasteiger partial charge in [-0.1, -0.05) is 0 Å². The topological polar surface area (TPSA) is 122 Å². The summed E-state index contributed by atoms with van der Waals surface area (Å²) in [4.78, 5) is 20.5. The van der Waals surface area contributed by atoms with Crippen molar-refractivity contribution in [3.8, 4) is 5.75 Å². The minimum Gasteiger partial charge on any atom is -0.508 e.